The lowest BCUT2D eigenvalue weighted by molar-refractivity contribution is -0.119. The fourth-order valence-electron chi connectivity index (χ4n) is 5.48. The molecule has 4 atom stereocenters. The van der Waals surface area contributed by atoms with E-state index < -0.39 is 0 Å². The number of allylic oxidation sites excluding steroid dienone is 3. The van der Waals surface area contributed by atoms with Crippen LogP contribution in [0.4, 0.5) is 0 Å². The van der Waals surface area contributed by atoms with E-state index in [2.05, 4.69) is 31.1 Å². The number of carbonyl (C=O) groups is 1. The van der Waals surface area contributed by atoms with Crippen LogP contribution in [0.2, 0.25) is 0 Å². The quantitative estimate of drug-likeness (QED) is 0.360. The van der Waals surface area contributed by atoms with Crippen LogP contribution in [0, 0.1) is 23.7 Å². The van der Waals surface area contributed by atoms with Gasteiger partial charge in [0.1, 0.15) is 0 Å². The van der Waals surface area contributed by atoms with E-state index >= 15 is 0 Å². The highest BCUT2D eigenvalue weighted by Crippen LogP contribution is 2.48. The first-order valence-electron chi connectivity index (χ1n) is 11.3. The first-order chi connectivity index (χ1) is 13.0. The average molecular weight is 374 g/mol. The monoisotopic (exact) mass is 373 g/mol. The number of ketones is 1. The van der Waals surface area contributed by atoms with Crippen LogP contribution >= 0.6 is 0 Å². The van der Waals surface area contributed by atoms with Crippen molar-refractivity contribution in [2.24, 2.45) is 23.7 Å². The van der Waals surface area contributed by atoms with Crippen LogP contribution in [-0.4, -0.2) is 42.5 Å². The number of unbranched alkanes of at least 4 members (excludes halogenated alkanes) is 2. The molecule has 0 unspecified atom stereocenters. The molecule has 0 aromatic rings. The van der Waals surface area contributed by atoms with Gasteiger partial charge in [-0.1, -0.05) is 43.4 Å². The Hall–Kier alpha value is -0.930. The summed E-state index contributed by atoms with van der Waals surface area (Å²) in [7, 11) is 4.28. The highest BCUT2D eigenvalue weighted by Gasteiger charge is 2.43. The topological polar surface area (TPSA) is 40.5 Å². The summed E-state index contributed by atoms with van der Waals surface area (Å²) < 4.78 is 0. The summed E-state index contributed by atoms with van der Waals surface area (Å²) in [5.74, 6) is 1.76. The largest absolute Gasteiger partial charge is 0.392 e. The SMILES string of the molecule is CN(C)CCCCCC1=C[C@H]2C[C@@H](O)[C@H](C=CC(=O)C3CCCCC3)[C@H]2C1. The molecule has 0 heterocycles. The number of nitrogens with zero attached hydrogens (tertiary/aromatic N) is 1. The molecule has 0 aliphatic heterocycles. The van der Waals surface area contributed by atoms with E-state index in [-0.39, 0.29) is 17.9 Å². The molecule has 0 aromatic heterocycles. The molecule has 152 valence electrons. The maximum atomic E-state index is 12.5. The van der Waals surface area contributed by atoms with Crippen molar-refractivity contribution in [1.82, 2.24) is 4.90 Å². The molecule has 27 heavy (non-hydrogen) atoms. The highest BCUT2D eigenvalue weighted by atomic mass is 16.3. The summed E-state index contributed by atoms with van der Waals surface area (Å²) in [5, 5.41) is 10.5. The van der Waals surface area contributed by atoms with Crippen molar-refractivity contribution in [3.63, 3.8) is 0 Å². The Labute approximate surface area is 165 Å². The van der Waals surface area contributed by atoms with Crippen molar-refractivity contribution in [2.75, 3.05) is 20.6 Å². The van der Waals surface area contributed by atoms with E-state index in [0.717, 1.165) is 25.7 Å². The molecule has 1 N–H and O–H groups in total. The van der Waals surface area contributed by atoms with Gasteiger partial charge in [0.25, 0.3) is 0 Å². The number of hydrogen-bond donors (Lipinski definition) is 1. The number of aliphatic hydroxyl groups is 1. The van der Waals surface area contributed by atoms with Crippen LogP contribution in [0.15, 0.2) is 23.8 Å². The minimum atomic E-state index is -0.270. The Balaban J connectivity index is 1.45. The van der Waals surface area contributed by atoms with Crippen molar-refractivity contribution in [2.45, 2.75) is 76.7 Å². The zero-order valence-electron chi connectivity index (χ0n) is 17.4. The third kappa shape index (κ3) is 5.77. The molecule has 3 heteroatoms. The van der Waals surface area contributed by atoms with Gasteiger partial charge >= 0.3 is 0 Å². The molecule has 3 rings (SSSR count). The molecule has 0 saturated heterocycles. The van der Waals surface area contributed by atoms with Crippen molar-refractivity contribution in [3.8, 4) is 0 Å². The van der Waals surface area contributed by atoms with Crippen LogP contribution < -0.4 is 0 Å². The Morgan fingerprint density at radius 2 is 1.96 bits per heavy atom. The molecule has 3 nitrogen and oxygen atoms in total. The summed E-state index contributed by atoms with van der Waals surface area (Å²) in [5.41, 5.74) is 1.60. The molecule has 2 saturated carbocycles. The minimum absolute atomic E-state index is 0.171. The van der Waals surface area contributed by atoms with E-state index in [9.17, 15) is 9.90 Å². The molecule has 2 fully saturated rings. The second-order valence-corrected chi connectivity index (χ2v) is 9.45. The molecule has 0 bridgehead atoms. The number of carbonyl (C=O) groups excluding carboxylic acids is 1. The van der Waals surface area contributed by atoms with Crippen molar-refractivity contribution >= 4 is 5.78 Å². The van der Waals surface area contributed by atoms with Gasteiger partial charge in [-0.3, -0.25) is 4.79 Å². The molecule has 0 radical (unpaired) electrons. The van der Waals surface area contributed by atoms with Gasteiger partial charge in [-0.2, -0.15) is 0 Å². The summed E-state index contributed by atoms with van der Waals surface area (Å²) in [4.78, 5) is 14.7. The second kappa shape index (κ2) is 10.0. The first kappa shape index (κ1) is 20.8. The number of aliphatic hydroxyl groups excluding tert-OH is 1. The van der Waals surface area contributed by atoms with E-state index in [1.807, 2.05) is 6.08 Å². The summed E-state index contributed by atoms with van der Waals surface area (Å²) in [6.07, 6.45) is 18.9. The summed E-state index contributed by atoms with van der Waals surface area (Å²) in [6, 6.07) is 0. The normalized spacial score (nSPS) is 31.6. The van der Waals surface area contributed by atoms with Crippen molar-refractivity contribution in [3.05, 3.63) is 23.8 Å². The van der Waals surface area contributed by atoms with E-state index in [1.165, 1.54) is 51.5 Å². The molecular formula is C24H39NO2. The Morgan fingerprint density at radius 3 is 2.70 bits per heavy atom. The van der Waals surface area contributed by atoms with Crippen LogP contribution in [0.25, 0.3) is 0 Å². The van der Waals surface area contributed by atoms with Gasteiger partial charge < -0.3 is 10.0 Å². The molecule has 0 spiro atoms. The fraction of sp³-hybridized carbons (Fsp3) is 0.792. The number of rotatable bonds is 9. The lowest BCUT2D eigenvalue weighted by Gasteiger charge is -2.20. The predicted octanol–water partition coefficient (Wildman–Crippen LogP) is 4.76. The maximum Gasteiger partial charge on any atom is 0.158 e. The zero-order valence-corrected chi connectivity index (χ0v) is 17.4. The standard InChI is InChI=1S/C24H39NO2/c1-25(2)14-8-4-5-9-18-15-20-17-24(27)21(22(20)16-18)12-13-23(26)19-10-6-3-7-11-19/h12-13,15,19-22,24,27H,3-11,14,16-17H2,1-2H3/t20-,21+,22-,24+/m0/s1. The maximum absolute atomic E-state index is 12.5. The minimum Gasteiger partial charge on any atom is -0.392 e. The fourth-order valence-corrected chi connectivity index (χ4v) is 5.48. The van der Waals surface area contributed by atoms with Crippen LogP contribution in [-0.2, 0) is 4.79 Å². The second-order valence-electron chi connectivity index (χ2n) is 9.45. The predicted molar refractivity (Wildman–Crippen MR) is 112 cm³/mol. The third-order valence-corrected chi connectivity index (χ3v) is 7.04. The van der Waals surface area contributed by atoms with E-state index in [4.69, 9.17) is 0 Å². The van der Waals surface area contributed by atoms with Gasteiger partial charge in [0.05, 0.1) is 6.10 Å². The van der Waals surface area contributed by atoms with Crippen molar-refractivity contribution in [1.29, 1.82) is 0 Å². The Morgan fingerprint density at radius 1 is 1.19 bits per heavy atom. The summed E-state index contributed by atoms with van der Waals surface area (Å²) >= 11 is 0. The Kier molecular flexibility index (Phi) is 7.72. The first-order valence-corrected chi connectivity index (χ1v) is 11.3. The highest BCUT2D eigenvalue weighted by molar-refractivity contribution is 5.91. The third-order valence-electron chi connectivity index (χ3n) is 7.04. The molecule has 0 amide bonds. The van der Waals surface area contributed by atoms with E-state index in [1.54, 1.807) is 5.57 Å². The Bertz CT molecular complexity index is 545. The van der Waals surface area contributed by atoms with Crippen LogP contribution in [0.5, 0.6) is 0 Å². The smallest absolute Gasteiger partial charge is 0.158 e. The van der Waals surface area contributed by atoms with Gasteiger partial charge in [0.2, 0.25) is 0 Å². The lowest BCUT2D eigenvalue weighted by atomic mass is 9.84. The number of fused-ring (bicyclic) bond motifs is 1. The van der Waals surface area contributed by atoms with Crippen LogP contribution in [0.1, 0.15) is 70.6 Å². The van der Waals surface area contributed by atoms with Gasteiger partial charge in [-0.15, -0.1) is 0 Å². The lowest BCUT2D eigenvalue weighted by Crippen LogP contribution is -2.19. The molecular weight excluding hydrogens is 334 g/mol. The van der Waals surface area contributed by atoms with Gasteiger partial charge in [0.15, 0.2) is 5.78 Å². The van der Waals surface area contributed by atoms with Crippen molar-refractivity contribution < 1.29 is 9.90 Å². The molecule has 3 aliphatic rings. The van der Waals surface area contributed by atoms with E-state index in [0.29, 0.717) is 17.6 Å². The molecule has 0 aromatic carbocycles. The van der Waals surface area contributed by atoms with Crippen LogP contribution in [0.3, 0.4) is 0 Å². The number of hydrogen-bond acceptors (Lipinski definition) is 3. The van der Waals surface area contributed by atoms with Gasteiger partial charge in [0, 0.05) is 11.8 Å². The average Bonchev–Trinajstić information content (AvgIpc) is 3.16. The summed E-state index contributed by atoms with van der Waals surface area (Å²) in [6.45, 7) is 1.18. The molecule has 3 aliphatic carbocycles. The van der Waals surface area contributed by atoms with Gasteiger partial charge in [-0.25, -0.2) is 0 Å². The zero-order chi connectivity index (χ0) is 19.2. The van der Waals surface area contributed by atoms with Gasteiger partial charge in [-0.05, 0) is 83.5 Å².